The number of benzene rings is 1. The first-order chi connectivity index (χ1) is 10.1. The summed E-state index contributed by atoms with van der Waals surface area (Å²) >= 11 is 6.45. The van der Waals surface area contributed by atoms with E-state index in [1.54, 1.807) is 0 Å². The van der Waals surface area contributed by atoms with E-state index in [1.165, 1.54) is 43.4 Å². The van der Waals surface area contributed by atoms with Gasteiger partial charge >= 0.3 is 0 Å². The molecule has 0 atom stereocenters. The maximum atomic E-state index is 6.45. The predicted molar refractivity (Wildman–Crippen MR) is 93.3 cm³/mol. The number of halogens is 1. The Bertz CT molecular complexity index is 439. The van der Waals surface area contributed by atoms with Crippen LogP contribution in [0.15, 0.2) is 18.2 Å². The Hall–Kier alpha value is -0.730. The van der Waals surface area contributed by atoms with E-state index in [9.17, 15) is 0 Å². The number of hydrogen-bond donors (Lipinski definition) is 1. The second kappa shape index (κ2) is 8.05. The molecule has 0 saturated heterocycles. The minimum absolute atomic E-state index is 0.692. The molecule has 3 heteroatoms. The lowest BCUT2D eigenvalue weighted by Gasteiger charge is -2.34. The summed E-state index contributed by atoms with van der Waals surface area (Å²) < 4.78 is 0. The number of rotatable bonds is 7. The predicted octanol–water partition coefficient (Wildman–Crippen LogP) is 4.85. The van der Waals surface area contributed by atoms with Crippen molar-refractivity contribution in [3.8, 4) is 0 Å². The molecule has 1 aliphatic carbocycles. The van der Waals surface area contributed by atoms with E-state index in [0.29, 0.717) is 6.04 Å². The third kappa shape index (κ3) is 4.37. The first kappa shape index (κ1) is 16.6. The molecular weight excluding hydrogens is 280 g/mol. The van der Waals surface area contributed by atoms with Crippen molar-refractivity contribution >= 4 is 17.3 Å². The van der Waals surface area contributed by atoms with Crippen LogP contribution in [0, 0.1) is 5.92 Å². The summed E-state index contributed by atoms with van der Waals surface area (Å²) in [7, 11) is 1.99. The summed E-state index contributed by atoms with van der Waals surface area (Å²) in [5.41, 5.74) is 2.58. The molecule has 21 heavy (non-hydrogen) atoms. The summed E-state index contributed by atoms with van der Waals surface area (Å²) in [6.07, 6.45) is 6.62. The highest BCUT2D eigenvalue weighted by atomic mass is 35.5. The Balaban J connectivity index is 2.28. The first-order valence-corrected chi connectivity index (χ1v) is 8.70. The standard InChI is InChI=1S/C18H29ClN2/c1-14(2)11-12-21(15-7-4-5-8-15)18-10-6-9-17(19)16(18)13-20-3/h6,9-10,14-15,20H,4-5,7-8,11-13H2,1-3H3. The van der Waals surface area contributed by atoms with E-state index in [-0.39, 0.29) is 0 Å². The monoisotopic (exact) mass is 308 g/mol. The van der Waals surface area contributed by atoms with Crippen LogP contribution >= 0.6 is 11.6 Å². The van der Waals surface area contributed by atoms with E-state index in [0.717, 1.165) is 24.0 Å². The molecule has 0 radical (unpaired) electrons. The van der Waals surface area contributed by atoms with Crippen molar-refractivity contribution < 1.29 is 0 Å². The van der Waals surface area contributed by atoms with Crippen molar-refractivity contribution in [3.05, 3.63) is 28.8 Å². The molecule has 0 amide bonds. The number of anilines is 1. The van der Waals surface area contributed by atoms with Gasteiger partial charge in [-0.3, -0.25) is 0 Å². The maximum absolute atomic E-state index is 6.45. The number of nitrogens with zero attached hydrogens (tertiary/aromatic N) is 1. The van der Waals surface area contributed by atoms with Crippen LogP contribution in [0.5, 0.6) is 0 Å². The van der Waals surface area contributed by atoms with Crippen LogP contribution in [0.25, 0.3) is 0 Å². The number of hydrogen-bond acceptors (Lipinski definition) is 2. The molecule has 0 bridgehead atoms. The van der Waals surface area contributed by atoms with Crippen molar-refractivity contribution in [2.45, 2.75) is 58.5 Å². The largest absolute Gasteiger partial charge is 0.368 e. The third-order valence-corrected chi connectivity index (χ3v) is 4.82. The van der Waals surface area contributed by atoms with Crippen molar-refractivity contribution in [1.29, 1.82) is 0 Å². The zero-order valence-corrected chi connectivity index (χ0v) is 14.4. The van der Waals surface area contributed by atoms with Gasteiger partial charge in [0.15, 0.2) is 0 Å². The van der Waals surface area contributed by atoms with Gasteiger partial charge in [-0.25, -0.2) is 0 Å². The first-order valence-electron chi connectivity index (χ1n) is 8.32. The quantitative estimate of drug-likeness (QED) is 0.774. The van der Waals surface area contributed by atoms with Crippen LogP contribution in [-0.4, -0.2) is 19.6 Å². The van der Waals surface area contributed by atoms with E-state index in [2.05, 4.69) is 36.2 Å². The summed E-state index contributed by atoms with van der Waals surface area (Å²) in [6.45, 7) is 6.58. The lowest BCUT2D eigenvalue weighted by Crippen LogP contribution is -2.35. The maximum Gasteiger partial charge on any atom is 0.0471 e. The summed E-state index contributed by atoms with van der Waals surface area (Å²) in [5, 5.41) is 4.15. The average Bonchev–Trinajstić information content (AvgIpc) is 2.96. The van der Waals surface area contributed by atoms with Gasteiger partial charge in [0.05, 0.1) is 0 Å². The minimum Gasteiger partial charge on any atom is -0.368 e. The van der Waals surface area contributed by atoms with Crippen molar-refractivity contribution in [1.82, 2.24) is 5.32 Å². The fourth-order valence-electron chi connectivity index (χ4n) is 3.28. The summed E-state index contributed by atoms with van der Waals surface area (Å²) in [4.78, 5) is 2.63. The molecule has 1 N–H and O–H groups in total. The Morgan fingerprint density at radius 2 is 2.00 bits per heavy atom. The van der Waals surface area contributed by atoms with Crippen molar-refractivity contribution in [2.24, 2.45) is 5.92 Å². The highest BCUT2D eigenvalue weighted by Crippen LogP contribution is 2.34. The van der Waals surface area contributed by atoms with Crippen LogP contribution in [0.2, 0.25) is 5.02 Å². The van der Waals surface area contributed by atoms with Gasteiger partial charge in [0.25, 0.3) is 0 Å². The molecular formula is C18H29ClN2. The topological polar surface area (TPSA) is 15.3 Å². The zero-order chi connectivity index (χ0) is 15.2. The fraction of sp³-hybridized carbons (Fsp3) is 0.667. The highest BCUT2D eigenvalue weighted by molar-refractivity contribution is 6.31. The van der Waals surface area contributed by atoms with Gasteiger partial charge in [-0.15, -0.1) is 0 Å². The van der Waals surface area contributed by atoms with Gasteiger partial charge in [0, 0.05) is 35.4 Å². The van der Waals surface area contributed by atoms with E-state index in [1.807, 2.05) is 13.1 Å². The molecule has 1 fully saturated rings. The normalized spacial score (nSPS) is 15.9. The highest BCUT2D eigenvalue weighted by Gasteiger charge is 2.25. The zero-order valence-electron chi connectivity index (χ0n) is 13.7. The molecule has 118 valence electrons. The minimum atomic E-state index is 0.692. The van der Waals surface area contributed by atoms with E-state index in [4.69, 9.17) is 11.6 Å². The Labute approximate surface area is 134 Å². The lowest BCUT2D eigenvalue weighted by atomic mass is 10.1. The molecule has 1 aliphatic rings. The molecule has 0 spiro atoms. The van der Waals surface area contributed by atoms with Crippen LogP contribution in [0.4, 0.5) is 5.69 Å². The molecule has 1 aromatic carbocycles. The molecule has 0 aromatic heterocycles. The SMILES string of the molecule is CNCc1c(Cl)cccc1N(CCC(C)C)C1CCCC1. The smallest absolute Gasteiger partial charge is 0.0471 e. The Morgan fingerprint density at radius 1 is 1.29 bits per heavy atom. The molecule has 0 heterocycles. The summed E-state index contributed by atoms with van der Waals surface area (Å²) in [6, 6.07) is 7.04. The number of nitrogens with one attached hydrogen (secondary N) is 1. The van der Waals surface area contributed by atoms with Gasteiger partial charge in [0.1, 0.15) is 0 Å². The van der Waals surface area contributed by atoms with Gasteiger partial charge in [-0.1, -0.05) is 44.4 Å². The van der Waals surface area contributed by atoms with E-state index < -0.39 is 0 Å². The van der Waals surface area contributed by atoms with Gasteiger partial charge in [0.2, 0.25) is 0 Å². The van der Waals surface area contributed by atoms with Gasteiger partial charge < -0.3 is 10.2 Å². The lowest BCUT2D eigenvalue weighted by molar-refractivity contribution is 0.527. The van der Waals surface area contributed by atoms with Crippen LogP contribution in [0.1, 0.15) is 51.5 Å². The summed E-state index contributed by atoms with van der Waals surface area (Å²) in [5.74, 6) is 0.737. The Morgan fingerprint density at radius 3 is 2.62 bits per heavy atom. The van der Waals surface area contributed by atoms with E-state index >= 15 is 0 Å². The van der Waals surface area contributed by atoms with Crippen LogP contribution in [-0.2, 0) is 6.54 Å². The molecule has 0 unspecified atom stereocenters. The third-order valence-electron chi connectivity index (χ3n) is 4.47. The molecule has 1 aromatic rings. The van der Waals surface area contributed by atoms with Crippen molar-refractivity contribution in [3.63, 3.8) is 0 Å². The second-order valence-corrected chi connectivity index (χ2v) is 6.99. The van der Waals surface area contributed by atoms with Crippen LogP contribution in [0.3, 0.4) is 0 Å². The molecule has 1 saturated carbocycles. The molecule has 0 aliphatic heterocycles. The molecule has 2 rings (SSSR count). The van der Waals surface area contributed by atoms with Gasteiger partial charge in [-0.2, -0.15) is 0 Å². The van der Waals surface area contributed by atoms with Crippen LogP contribution < -0.4 is 10.2 Å². The van der Waals surface area contributed by atoms with Gasteiger partial charge in [-0.05, 0) is 44.4 Å². The van der Waals surface area contributed by atoms with Crippen molar-refractivity contribution in [2.75, 3.05) is 18.5 Å². The Kier molecular flexibility index (Phi) is 6.38. The average molecular weight is 309 g/mol. The second-order valence-electron chi connectivity index (χ2n) is 6.58. The molecule has 2 nitrogen and oxygen atoms in total. The fourth-order valence-corrected chi connectivity index (χ4v) is 3.52.